The third-order valence-corrected chi connectivity index (χ3v) is 5.54. The molecule has 1 saturated heterocycles. The summed E-state index contributed by atoms with van der Waals surface area (Å²) in [5, 5.41) is 0. The van der Waals surface area contributed by atoms with Crippen LogP contribution in [0.25, 0.3) is 0 Å². The Morgan fingerprint density at radius 3 is 2.31 bits per heavy atom. The number of benzene rings is 1. The Balaban J connectivity index is 1.66. The molecule has 7 heteroatoms. The molecule has 0 unspecified atom stereocenters. The molecule has 0 spiro atoms. The van der Waals surface area contributed by atoms with Gasteiger partial charge in [-0.3, -0.25) is 14.5 Å². The van der Waals surface area contributed by atoms with E-state index in [0.717, 1.165) is 48.0 Å². The van der Waals surface area contributed by atoms with Gasteiger partial charge in [-0.2, -0.15) is 0 Å². The second-order valence-electron chi connectivity index (χ2n) is 7.43. The van der Waals surface area contributed by atoms with Gasteiger partial charge < -0.3 is 19.4 Å². The summed E-state index contributed by atoms with van der Waals surface area (Å²) in [6.45, 7) is 8.74. The van der Waals surface area contributed by atoms with Gasteiger partial charge in [-0.05, 0) is 44.5 Å². The molecule has 1 fully saturated rings. The van der Waals surface area contributed by atoms with E-state index >= 15 is 0 Å². The molecule has 156 valence electrons. The predicted octanol–water partition coefficient (Wildman–Crippen LogP) is 2.81. The Hall–Kier alpha value is -2.80. The number of ether oxygens (including phenoxy) is 2. The number of aryl methyl sites for hydroxylation is 1. The minimum absolute atomic E-state index is 0.0210. The Bertz CT molecular complexity index is 911. The normalized spacial score (nSPS) is 14.7. The Labute approximate surface area is 171 Å². The van der Waals surface area contributed by atoms with E-state index in [1.807, 2.05) is 36.9 Å². The largest absolute Gasteiger partial charge is 0.497 e. The van der Waals surface area contributed by atoms with E-state index in [0.29, 0.717) is 24.3 Å². The topological polar surface area (TPSA) is 74.9 Å². The fraction of sp³-hybridized carbons (Fsp3) is 0.455. The second-order valence-corrected chi connectivity index (χ2v) is 7.43. The summed E-state index contributed by atoms with van der Waals surface area (Å²) in [7, 11) is 3.32. The highest BCUT2D eigenvalue weighted by molar-refractivity contribution is 6.02. The Morgan fingerprint density at radius 2 is 1.76 bits per heavy atom. The fourth-order valence-corrected chi connectivity index (χ4v) is 4.01. The summed E-state index contributed by atoms with van der Waals surface area (Å²) in [5.74, 6) is 1.57. The number of hydrogen-bond acceptors (Lipinski definition) is 5. The first-order valence-electron chi connectivity index (χ1n) is 9.78. The average Bonchev–Trinajstić information content (AvgIpc) is 3.02. The molecule has 0 aliphatic carbocycles. The molecule has 2 heterocycles. The molecule has 7 nitrogen and oxygen atoms in total. The van der Waals surface area contributed by atoms with Gasteiger partial charge in [-0.25, -0.2) is 0 Å². The number of Topliss-reactive ketones (excluding diaryl/α,β-unsaturated/α-hetero) is 1. The molecule has 3 rings (SSSR count). The molecule has 0 saturated carbocycles. The molecule has 29 heavy (non-hydrogen) atoms. The third-order valence-electron chi connectivity index (χ3n) is 5.54. The van der Waals surface area contributed by atoms with Gasteiger partial charge in [0.15, 0.2) is 5.78 Å². The number of aromatic amines is 1. The van der Waals surface area contributed by atoms with Crippen LogP contribution in [-0.4, -0.2) is 66.9 Å². The highest BCUT2D eigenvalue weighted by atomic mass is 16.5. The summed E-state index contributed by atoms with van der Waals surface area (Å²) in [5.41, 5.74) is 3.70. The number of nitrogens with zero attached hydrogens (tertiary/aromatic N) is 2. The zero-order chi connectivity index (χ0) is 21.1. The van der Waals surface area contributed by atoms with E-state index in [9.17, 15) is 9.59 Å². The molecule has 1 aliphatic rings. The van der Waals surface area contributed by atoms with E-state index < -0.39 is 0 Å². The van der Waals surface area contributed by atoms with Crippen LogP contribution in [0, 0.1) is 13.8 Å². The number of aromatic nitrogens is 1. The molecular weight excluding hydrogens is 370 g/mol. The number of rotatable bonds is 6. The van der Waals surface area contributed by atoms with Crippen molar-refractivity contribution in [1.29, 1.82) is 0 Å². The van der Waals surface area contributed by atoms with Crippen molar-refractivity contribution in [2.75, 3.05) is 40.4 Å². The summed E-state index contributed by atoms with van der Waals surface area (Å²) in [6, 6.07) is 5.79. The number of ketones is 1. The summed E-state index contributed by atoms with van der Waals surface area (Å²) in [4.78, 5) is 32.1. The van der Waals surface area contributed by atoms with Crippen molar-refractivity contribution in [2.45, 2.75) is 27.3 Å². The maximum atomic E-state index is 13.0. The zero-order valence-corrected chi connectivity index (χ0v) is 17.8. The average molecular weight is 399 g/mol. The van der Waals surface area contributed by atoms with Crippen molar-refractivity contribution in [3.63, 3.8) is 0 Å². The smallest absolute Gasteiger partial charge is 0.270 e. The van der Waals surface area contributed by atoms with E-state index in [-0.39, 0.29) is 11.7 Å². The van der Waals surface area contributed by atoms with Gasteiger partial charge >= 0.3 is 0 Å². The third kappa shape index (κ3) is 4.29. The first-order valence-corrected chi connectivity index (χ1v) is 9.78. The maximum absolute atomic E-state index is 13.0. The number of carbonyl (C=O) groups is 2. The molecule has 1 aliphatic heterocycles. The highest BCUT2D eigenvalue weighted by Crippen LogP contribution is 2.26. The van der Waals surface area contributed by atoms with E-state index in [1.54, 1.807) is 14.2 Å². The number of methoxy groups -OCH3 is 2. The molecule has 1 amide bonds. The number of carbonyl (C=O) groups excluding carboxylic acids is 2. The van der Waals surface area contributed by atoms with Crippen LogP contribution in [0.2, 0.25) is 0 Å². The molecule has 1 aromatic heterocycles. The van der Waals surface area contributed by atoms with Crippen LogP contribution in [0.3, 0.4) is 0 Å². The van der Waals surface area contributed by atoms with E-state index in [2.05, 4.69) is 9.88 Å². The standard InChI is InChI=1S/C22H29N3O4/c1-14-20(16(3)26)15(2)23-21(14)22(27)25-10-8-24(9-11-25)13-17-12-18(28-4)6-7-19(17)29-5/h6-7,12,23H,8-11,13H2,1-5H3. The number of H-pyrrole nitrogens is 1. The lowest BCUT2D eigenvalue weighted by Crippen LogP contribution is -2.48. The maximum Gasteiger partial charge on any atom is 0.270 e. The monoisotopic (exact) mass is 399 g/mol. The molecule has 1 aromatic carbocycles. The number of nitrogens with one attached hydrogen (secondary N) is 1. The van der Waals surface area contributed by atoms with Crippen molar-refractivity contribution >= 4 is 11.7 Å². The van der Waals surface area contributed by atoms with Crippen LogP contribution in [0.1, 0.15) is 44.6 Å². The Kier molecular flexibility index (Phi) is 6.27. The molecular formula is C22H29N3O4. The van der Waals surface area contributed by atoms with Gasteiger partial charge in [0.2, 0.25) is 0 Å². The zero-order valence-electron chi connectivity index (χ0n) is 17.8. The first-order chi connectivity index (χ1) is 13.8. The number of hydrogen-bond donors (Lipinski definition) is 1. The first kappa shape index (κ1) is 20.9. The van der Waals surface area contributed by atoms with Crippen molar-refractivity contribution in [3.8, 4) is 11.5 Å². The lowest BCUT2D eigenvalue weighted by Gasteiger charge is -2.35. The van der Waals surface area contributed by atoms with E-state index in [1.165, 1.54) is 6.92 Å². The predicted molar refractivity (Wildman–Crippen MR) is 111 cm³/mol. The minimum Gasteiger partial charge on any atom is -0.497 e. The molecule has 0 radical (unpaired) electrons. The molecule has 1 N–H and O–H groups in total. The lowest BCUT2D eigenvalue weighted by atomic mass is 10.1. The van der Waals surface area contributed by atoms with Crippen LogP contribution in [0.5, 0.6) is 11.5 Å². The lowest BCUT2D eigenvalue weighted by molar-refractivity contribution is 0.0621. The SMILES string of the molecule is COc1ccc(OC)c(CN2CCN(C(=O)c3[nH]c(C)c(C(C)=O)c3C)CC2)c1. The van der Waals surface area contributed by atoms with Crippen LogP contribution < -0.4 is 9.47 Å². The van der Waals surface area contributed by atoms with Crippen LogP contribution in [-0.2, 0) is 6.54 Å². The second kappa shape index (κ2) is 8.69. The van der Waals surface area contributed by atoms with Crippen LogP contribution in [0.15, 0.2) is 18.2 Å². The van der Waals surface area contributed by atoms with Gasteiger partial charge in [-0.15, -0.1) is 0 Å². The minimum atomic E-state index is -0.0447. The number of amides is 1. The Morgan fingerprint density at radius 1 is 1.07 bits per heavy atom. The highest BCUT2D eigenvalue weighted by Gasteiger charge is 2.27. The van der Waals surface area contributed by atoms with Crippen LogP contribution in [0.4, 0.5) is 0 Å². The van der Waals surface area contributed by atoms with Crippen molar-refractivity contribution < 1.29 is 19.1 Å². The molecule has 0 bridgehead atoms. The van der Waals surface area contributed by atoms with Crippen LogP contribution >= 0.6 is 0 Å². The van der Waals surface area contributed by atoms with Crippen molar-refractivity contribution in [1.82, 2.24) is 14.8 Å². The van der Waals surface area contributed by atoms with Crippen molar-refractivity contribution in [2.24, 2.45) is 0 Å². The number of piperazine rings is 1. The van der Waals surface area contributed by atoms with Gasteiger partial charge in [-0.1, -0.05) is 0 Å². The quantitative estimate of drug-likeness (QED) is 0.756. The van der Waals surface area contributed by atoms with Gasteiger partial charge in [0.25, 0.3) is 5.91 Å². The summed E-state index contributed by atoms with van der Waals surface area (Å²) < 4.78 is 10.8. The van der Waals surface area contributed by atoms with Crippen molar-refractivity contribution in [3.05, 3.63) is 46.3 Å². The van der Waals surface area contributed by atoms with Gasteiger partial charge in [0.1, 0.15) is 17.2 Å². The summed E-state index contributed by atoms with van der Waals surface area (Å²) in [6.07, 6.45) is 0. The fourth-order valence-electron chi connectivity index (χ4n) is 4.01. The summed E-state index contributed by atoms with van der Waals surface area (Å²) >= 11 is 0. The van der Waals surface area contributed by atoms with Gasteiger partial charge in [0, 0.05) is 49.5 Å². The van der Waals surface area contributed by atoms with E-state index in [4.69, 9.17) is 9.47 Å². The molecule has 0 atom stereocenters. The van der Waals surface area contributed by atoms with Gasteiger partial charge in [0.05, 0.1) is 14.2 Å². The molecule has 2 aromatic rings.